The first kappa shape index (κ1) is 40.5. The molecule has 2 fully saturated rings. The van der Waals surface area contributed by atoms with Crippen LogP contribution in [0.5, 0.6) is 0 Å². The molecule has 12 heteroatoms. The molecule has 2 aliphatic heterocycles. The molecule has 2 heterocycles. The van der Waals surface area contributed by atoms with Crippen LogP contribution in [0.1, 0.15) is 42.2 Å². The molecule has 12 nitrogen and oxygen atoms in total. The van der Waals surface area contributed by atoms with Crippen molar-refractivity contribution in [3.05, 3.63) is 179 Å². The normalized spacial score (nSPS) is 24.1. The first-order valence-electron chi connectivity index (χ1n) is 19.0. The van der Waals surface area contributed by atoms with Gasteiger partial charge in [-0.05, 0) is 47.5 Å². The predicted molar refractivity (Wildman–Crippen MR) is 208 cm³/mol. The van der Waals surface area contributed by atoms with Gasteiger partial charge in [-0.3, -0.25) is 0 Å². The van der Waals surface area contributed by atoms with Gasteiger partial charge in [-0.15, -0.1) is 0 Å². The SMILES string of the molecule is CO[C@@H]1OC[C@@H](OCc2ccccc2)[C@H](O[C@@H]2O[C@@H](COC(=O)c3ccccc3)[C@H](OC(=O)c3ccccc3)[C@H]2OC(=O)c2ccccc2)[C@H]1OCc1ccccc1. The first-order chi connectivity index (χ1) is 28.5. The van der Waals surface area contributed by atoms with Crippen LogP contribution in [0.3, 0.4) is 0 Å². The Morgan fingerprint density at radius 3 is 1.52 bits per heavy atom. The number of benzene rings is 5. The lowest BCUT2D eigenvalue weighted by Gasteiger charge is -2.42. The Bertz CT molecular complexity index is 2030. The number of carbonyl (C=O) groups excluding carboxylic acids is 3. The first-order valence-corrected chi connectivity index (χ1v) is 19.0. The van der Waals surface area contributed by atoms with Crippen molar-refractivity contribution < 1.29 is 57.0 Å². The van der Waals surface area contributed by atoms with E-state index in [0.29, 0.717) is 5.56 Å². The summed E-state index contributed by atoms with van der Waals surface area (Å²) in [5, 5.41) is 0. The van der Waals surface area contributed by atoms with Crippen molar-refractivity contribution in [2.45, 2.75) is 62.4 Å². The van der Waals surface area contributed by atoms with Crippen LogP contribution in [0, 0.1) is 0 Å². The van der Waals surface area contributed by atoms with Crippen molar-refractivity contribution >= 4 is 17.9 Å². The Kier molecular flexibility index (Phi) is 14.0. The van der Waals surface area contributed by atoms with Crippen molar-refractivity contribution in [3.8, 4) is 0 Å². The molecule has 2 aliphatic rings. The molecule has 5 aromatic rings. The van der Waals surface area contributed by atoms with Crippen LogP contribution in [0.15, 0.2) is 152 Å². The largest absolute Gasteiger partial charge is 0.459 e. The quantitative estimate of drug-likeness (QED) is 0.0790. The van der Waals surface area contributed by atoms with Gasteiger partial charge in [-0.2, -0.15) is 0 Å². The number of rotatable bonds is 16. The minimum absolute atomic E-state index is 0.0485. The Morgan fingerprint density at radius 2 is 1.00 bits per heavy atom. The van der Waals surface area contributed by atoms with Gasteiger partial charge in [0.15, 0.2) is 24.8 Å². The summed E-state index contributed by atoms with van der Waals surface area (Å²) in [7, 11) is 1.50. The second-order valence-electron chi connectivity index (χ2n) is 13.6. The molecule has 7 rings (SSSR count). The Balaban J connectivity index is 1.23. The van der Waals surface area contributed by atoms with Gasteiger partial charge in [0.1, 0.15) is 31.0 Å². The maximum atomic E-state index is 13.8. The second-order valence-corrected chi connectivity index (χ2v) is 13.6. The molecule has 0 aromatic heterocycles. The predicted octanol–water partition coefficient (Wildman–Crippen LogP) is 6.58. The monoisotopic (exact) mass is 788 g/mol. The highest BCUT2D eigenvalue weighted by Crippen LogP contribution is 2.34. The van der Waals surface area contributed by atoms with Gasteiger partial charge >= 0.3 is 17.9 Å². The van der Waals surface area contributed by atoms with Crippen molar-refractivity contribution in [1.29, 1.82) is 0 Å². The lowest BCUT2D eigenvalue weighted by Crippen LogP contribution is -2.58. The fourth-order valence-electron chi connectivity index (χ4n) is 6.68. The van der Waals surface area contributed by atoms with Gasteiger partial charge in [-0.25, -0.2) is 14.4 Å². The van der Waals surface area contributed by atoms with Crippen molar-refractivity contribution in [1.82, 2.24) is 0 Å². The molecule has 300 valence electrons. The summed E-state index contributed by atoms with van der Waals surface area (Å²) in [6.07, 6.45) is -8.71. The van der Waals surface area contributed by atoms with E-state index in [-0.39, 0.29) is 37.6 Å². The molecule has 0 radical (unpaired) electrons. The summed E-state index contributed by atoms with van der Waals surface area (Å²) >= 11 is 0. The lowest BCUT2D eigenvalue weighted by molar-refractivity contribution is -0.319. The lowest BCUT2D eigenvalue weighted by atomic mass is 10.0. The molecule has 0 spiro atoms. The van der Waals surface area contributed by atoms with E-state index >= 15 is 0 Å². The third-order valence-corrected chi connectivity index (χ3v) is 9.66. The van der Waals surface area contributed by atoms with Crippen LogP contribution in [0.4, 0.5) is 0 Å². The molecule has 0 saturated carbocycles. The number of ether oxygens (including phenoxy) is 9. The molecule has 5 aromatic carbocycles. The average molecular weight is 789 g/mol. The fraction of sp³-hybridized carbons (Fsp3) is 0.283. The van der Waals surface area contributed by atoms with E-state index in [1.807, 2.05) is 60.7 Å². The minimum Gasteiger partial charge on any atom is -0.459 e. The van der Waals surface area contributed by atoms with E-state index in [1.165, 1.54) is 7.11 Å². The Morgan fingerprint density at radius 1 is 0.534 bits per heavy atom. The van der Waals surface area contributed by atoms with Crippen molar-refractivity contribution in [3.63, 3.8) is 0 Å². The summed E-state index contributed by atoms with van der Waals surface area (Å²) in [6.45, 7) is 0.0569. The van der Waals surface area contributed by atoms with E-state index in [0.717, 1.165) is 11.1 Å². The molecule has 0 amide bonds. The molecule has 8 atom stereocenters. The highest BCUT2D eigenvalue weighted by molar-refractivity contribution is 5.91. The van der Waals surface area contributed by atoms with Gasteiger partial charge < -0.3 is 42.6 Å². The van der Waals surface area contributed by atoms with E-state index < -0.39 is 67.1 Å². The highest BCUT2D eigenvalue weighted by atomic mass is 16.8. The number of hydrogen-bond acceptors (Lipinski definition) is 12. The van der Waals surface area contributed by atoms with Crippen LogP contribution in [0.2, 0.25) is 0 Å². The summed E-state index contributed by atoms with van der Waals surface area (Å²) in [6, 6.07) is 44.3. The van der Waals surface area contributed by atoms with Crippen molar-refractivity contribution in [2.24, 2.45) is 0 Å². The summed E-state index contributed by atoms with van der Waals surface area (Å²) in [5.74, 6) is -2.06. The van der Waals surface area contributed by atoms with E-state index in [2.05, 4.69) is 0 Å². The molecule has 0 N–H and O–H groups in total. The third kappa shape index (κ3) is 10.4. The highest BCUT2D eigenvalue weighted by Gasteiger charge is 2.54. The van der Waals surface area contributed by atoms with Crippen LogP contribution in [-0.4, -0.2) is 87.4 Å². The zero-order chi connectivity index (χ0) is 40.1. The minimum atomic E-state index is -1.40. The summed E-state index contributed by atoms with van der Waals surface area (Å²) in [4.78, 5) is 40.6. The van der Waals surface area contributed by atoms with E-state index in [4.69, 9.17) is 42.6 Å². The molecule has 0 aliphatic carbocycles. The maximum Gasteiger partial charge on any atom is 0.338 e. The number of hydrogen-bond donors (Lipinski definition) is 0. The molecule has 58 heavy (non-hydrogen) atoms. The van der Waals surface area contributed by atoms with Crippen LogP contribution in [-0.2, 0) is 55.8 Å². The third-order valence-electron chi connectivity index (χ3n) is 9.66. The van der Waals surface area contributed by atoms with Gasteiger partial charge in [0.25, 0.3) is 0 Å². The molecular formula is C46H44O12. The summed E-state index contributed by atoms with van der Waals surface area (Å²) < 4.78 is 56.1. The number of methoxy groups -OCH3 is 1. The average Bonchev–Trinajstić information content (AvgIpc) is 3.59. The molecular weight excluding hydrogens is 744 g/mol. The molecule has 0 unspecified atom stereocenters. The zero-order valence-electron chi connectivity index (χ0n) is 31.8. The Labute approximate surface area is 336 Å². The van der Waals surface area contributed by atoms with Gasteiger partial charge in [0.05, 0.1) is 36.5 Å². The Hall–Kier alpha value is -5.73. The fourth-order valence-corrected chi connectivity index (χ4v) is 6.68. The van der Waals surface area contributed by atoms with Crippen molar-refractivity contribution in [2.75, 3.05) is 20.3 Å². The number of carbonyl (C=O) groups is 3. The smallest absolute Gasteiger partial charge is 0.338 e. The topological polar surface area (TPSA) is 134 Å². The van der Waals surface area contributed by atoms with E-state index in [9.17, 15) is 14.4 Å². The summed E-state index contributed by atoms with van der Waals surface area (Å²) in [5.41, 5.74) is 2.60. The second kappa shape index (κ2) is 20.1. The zero-order valence-corrected chi connectivity index (χ0v) is 31.8. The van der Waals surface area contributed by atoms with Gasteiger partial charge in [0.2, 0.25) is 0 Å². The van der Waals surface area contributed by atoms with Crippen LogP contribution >= 0.6 is 0 Å². The van der Waals surface area contributed by atoms with Gasteiger partial charge in [-0.1, -0.05) is 115 Å². The number of esters is 3. The van der Waals surface area contributed by atoms with Crippen LogP contribution in [0.25, 0.3) is 0 Å². The van der Waals surface area contributed by atoms with Gasteiger partial charge in [0, 0.05) is 7.11 Å². The molecule has 2 saturated heterocycles. The molecule has 0 bridgehead atoms. The van der Waals surface area contributed by atoms with E-state index in [1.54, 1.807) is 91.0 Å². The maximum absolute atomic E-state index is 13.8. The van der Waals surface area contributed by atoms with Crippen LogP contribution < -0.4 is 0 Å². The standard InChI is InChI=1S/C46H44O12/c1-50-45-40(52-28-32-19-9-3-10-20-32)38(36(29-54-45)51-27-31-17-7-2-8-18-31)58-46-41(57-44(49)35-25-15-6-16-26-35)39(56-43(48)34-23-13-5-14-24-34)37(55-46)30-53-42(47)33-21-11-4-12-22-33/h2-26,36-41,45-46H,27-30H2,1H3/t36-,37+,38+,39+,40-,41-,45-,46+/m1/s1.